The van der Waals surface area contributed by atoms with Crippen LogP contribution < -0.4 is 0 Å². The van der Waals surface area contributed by atoms with Gasteiger partial charge in [0, 0.05) is 12.5 Å². The van der Waals surface area contributed by atoms with Gasteiger partial charge in [0.05, 0.1) is 18.8 Å². The fraction of sp³-hybridized carbons (Fsp3) is 0.562. The molecule has 1 saturated heterocycles. The predicted octanol–water partition coefficient (Wildman–Crippen LogP) is 2.62. The lowest BCUT2D eigenvalue weighted by Gasteiger charge is -2.33. The molecule has 124 valence electrons. The molecule has 1 fully saturated rings. The smallest absolute Gasteiger partial charge is 0.258 e. The van der Waals surface area contributed by atoms with Crippen molar-refractivity contribution in [2.45, 2.75) is 39.7 Å². The fourth-order valence-corrected chi connectivity index (χ4v) is 2.66. The summed E-state index contributed by atoms with van der Waals surface area (Å²) >= 11 is 0. The summed E-state index contributed by atoms with van der Waals surface area (Å²) in [5.74, 6) is 2.36. The quantitative estimate of drug-likeness (QED) is 0.865. The normalized spacial score (nSPS) is 18.7. The van der Waals surface area contributed by atoms with E-state index in [4.69, 9.17) is 13.6 Å². The van der Waals surface area contributed by atoms with Gasteiger partial charge < -0.3 is 18.5 Å². The van der Waals surface area contributed by atoms with Crippen molar-refractivity contribution in [3.63, 3.8) is 0 Å². The van der Waals surface area contributed by atoms with Crippen LogP contribution in [0.2, 0.25) is 0 Å². The van der Waals surface area contributed by atoms with Gasteiger partial charge in [-0.2, -0.15) is 0 Å². The average Bonchev–Trinajstić information content (AvgIpc) is 3.13. The van der Waals surface area contributed by atoms with E-state index in [0.29, 0.717) is 42.9 Å². The van der Waals surface area contributed by atoms with E-state index in [-0.39, 0.29) is 17.9 Å². The molecule has 0 aliphatic carbocycles. The van der Waals surface area contributed by atoms with Crippen LogP contribution in [0, 0.1) is 13.8 Å². The second kappa shape index (κ2) is 6.16. The van der Waals surface area contributed by atoms with Gasteiger partial charge in [-0.15, -0.1) is 10.2 Å². The molecule has 0 aromatic carbocycles. The number of carbonyl (C=O) groups is 1. The number of hydrogen-bond acceptors (Lipinski definition) is 6. The summed E-state index contributed by atoms with van der Waals surface area (Å²) in [5.41, 5.74) is 0.568. The third-order valence-corrected chi connectivity index (χ3v) is 3.90. The molecule has 2 aromatic heterocycles. The third-order valence-electron chi connectivity index (χ3n) is 3.90. The Kier molecular flexibility index (Phi) is 4.21. The Morgan fingerprint density at radius 1 is 1.30 bits per heavy atom. The van der Waals surface area contributed by atoms with E-state index in [1.54, 1.807) is 17.9 Å². The zero-order valence-corrected chi connectivity index (χ0v) is 13.8. The maximum absolute atomic E-state index is 12.9. The summed E-state index contributed by atoms with van der Waals surface area (Å²) in [6.45, 7) is 8.90. The Morgan fingerprint density at radius 3 is 2.70 bits per heavy atom. The minimum absolute atomic E-state index is 0.100. The van der Waals surface area contributed by atoms with Gasteiger partial charge >= 0.3 is 0 Å². The zero-order valence-electron chi connectivity index (χ0n) is 13.8. The monoisotopic (exact) mass is 319 g/mol. The summed E-state index contributed by atoms with van der Waals surface area (Å²) < 4.78 is 16.7. The third kappa shape index (κ3) is 3.01. The minimum atomic E-state index is -0.370. The van der Waals surface area contributed by atoms with E-state index < -0.39 is 0 Å². The minimum Gasteiger partial charge on any atom is -0.466 e. The van der Waals surface area contributed by atoms with Gasteiger partial charge in [-0.3, -0.25) is 4.79 Å². The number of hydrogen-bond donors (Lipinski definition) is 0. The standard InChI is InChI=1S/C16H21N3O4/c1-9(2)14-17-18-15(23-14)13-8-21-6-5-19(13)16(20)12-7-10(3)22-11(12)4/h7,9,13H,5-6,8H2,1-4H3/t13-/m0/s1. The summed E-state index contributed by atoms with van der Waals surface area (Å²) in [4.78, 5) is 14.6. The van der Waals surface area contributed by atoms with Gasteiger partial charge in [-0.05, 0) is 19.9 Å². The first kappa shape index (κ1) is 15.7. The number of furan rings is 1. The van der Waals surface area contributed by atoms with Crippen molar-refractivity contribution < 1.29 is 18.4 Å². The van der Waals surface area contributed by atoms with Crippen molar-refractivity contribution in [3.05, 3.63) is 34.9 Å². The Hall–Kier alpha value is -2.15. The molecule has 0 radical (unpaired) electrons. The highest BCUT2D eigenvalue weighted by Crippen LogP contribution is 2.28. The van der Waals surface area contributed by atoms with Crippen LogP contribution in [0.5, 0.6) is 0 Å². The van der Waals surface area contributed by atoms with Crippen LogP contribution in [-0.2, 0) is 4.74 Å². The number of aryl methyl sites for hydroxylation is 2. The largest absolute Gasteiger partial charge is 0.466 e. The highest BCUT2D eigenvalue weighted by atomic mass is 16.5. The summed E-state index contributed by atoms with van der Waals surface area (Å²) in [7, 11) is 0. The van der Waals surface area contributed by atoms with E-state index in [1.807, 2.05) is 20.8 Å². The van der Waals surface area contributed by atoms with Crippen LogP contribution >= 0.6 is 0 Å². The molecular weight excluding hydrogens is 298 g/mol. The number of morpholine rings is 1. The molecule has 1 amide bonds. The average molecular weight is 319 g/mol. The molecule has 3 rings (SSSR count). The first-order chi connectivity index (χ1) is 11.0. The van der Waals surface area contributed by atoms with Crippen molar-refractivity contribution in [1.82, 2.24) is 15.1 Å². The second-order valence-electron chi connectivity index (χ2n) is 6.05. The highest BCUT2D eigenvalue weighted by molar-refractivity contribution is 5.95. The molecule has 23 heavy (non-hydrogen) atoms. The molecule has 1 aliphatic rings. The zero-order chi connectivity index (χ0) is 16.6. The lowest BCUT2D eigenvalue weighted by atomic mass is 10.1. The molecule has 7 heteroatoms. The van der Waals surface area contributed by atoms with E-state index in [2.05, 4.69) is 10.2 Å². The Labute approximate surface area is 134 Å². The lowest BCUT2D eigenvalue weighted by molar-refractivity contribution is -0.0108. The Bertz CT molecular complexity index is 704. The predicted molar refractivity (Wildman–Crippen MR) is 81.2 cm³/mol. The van der Waals surface area contributed by atoms with Crippen molar-refractivity contribution >= 4 is 5.91 Å². The lowest BCUT2D eigenvalue weighted by Crippen LogP contribution is -2.43. The van der Waals surface area contributed by atoms with Gasteiger partial charge in [0.25, 0.3) is 5.91 Å². The van der Waals surface area contributed by atoms with Crippen molar-refractivity contribution in [2.75, 3.05) is 19.8 Å². The van der Waals surface area contributed by atoms with Gasteiger partial charge in [0.2, 0.25) is 11.8 Å². The van der Waals surface area contributed by atoms with E-state index in [1.165, 1.54) is 0 Å². The molecular formula is C16H21N3O4. The van der Waals surface area contributed by atoms with Crippen LogP contribution in [0.4, 0.5) is 0 Å². The molecule has 0 spiro atoms. The first-order valence-electron chi connectivity index (χ1n) is 7.76. The number of ether oxygens (including phenoxy) is 1. The van der Waals surface area contributed by atoms with Crippen molar-refractivity contribution in [2.24, 2.45) is 0 Å². The molecule has 0 saturated carbocycles. The van der Waals surface area contributed by atoms with Gasteiger partial charge in [-0.25, -0.2) is 0 Å². The molecule has 7 nitrogen and oxygen atoms in total. The van der Waals surface area contributed by atoms with E-state index in [9.17, 15) is 4.79 Å². The molecule has 1 aliphatic heterocycles. The number of carbonyl (C=O) groups excluding carboxylic acids is 1. The maximum atomic E-state index is 12.9. The Morgan fingerprint density at radius 2 is 2.09 bits per heavy atom. The molecule has 0 bridgehead atoms. The molecule has 3 heterocycles. The molecule has 0 N–H and O–H groups in total. The number of aromatic nitrogens is 2. The highest BCUT2D eigenvalue weighted by Gasteiger charge is 2.34. The Balaban J connectivity index is 1.89. The van der Waals surface area contributed by atoms with E-state index in [0.717, 1.165) is 5.76 Å². The van der Waals surface area contributed by atoms with Gasteiger partial charge in [0.15, 0.2) is 0 Å². The molecule has 1 atom stereocenters. The maximum Gasteiger partial charge on any atom is 0.258 e. The number of nitrogens with zero attached hydrogens (tertiary/aromatic N) is 3. The van der Waals surface area contributed by atoms with Crippen LogP contribution in [0.15, 0.2) is 14.9 Å². The van der Waals surface area contributed by atoms with Crippen LogP contribution in [0.1, 0.15) is 59.5 Å². The second-order valence-corrected chi connectivity index (χ2v) is 6.05. The van der Waals surface area contributed by atoms with Gasteiger partial charge in [0.1, 0.15) is 17.6 Å². The van der Waals surface area contributed by atoms with Crippen LogP contribution in [0.25, 0.3) is 0 Å². The summed E-state index contributed by atoms with van der Waals surface area (Å²) in [5, 5.41) is 8.15. The summed E-state index contributed by atoms with van der Waals surface area (Å²) in [6.07, 6.45) is 0. The fourth-order valence-electron chi connectivity index (χ4n) is 2.66. The molecule has 2 aromatic rings. The van der Waals surface area contributed by atoms with E-state index >= 15 is 0 Å². The summed E-state index contributed by atoms with van der Waals surface area (Å²) in [6, 6.07) is 1.39. The number of rotatable bonds is 3. The van der Waals surface area contributed by atoms with Crippen molar-refractivity contribution in [3.8, 4) is 0 Å². The van der Waals surface area contributed by atoms with Crippen LogP contribution in [0.3, 0.4) is 0 Å². The molecule has 0 unspecified atom stereocenters. The van der Waals surface area contributed by atoms with Crippen LogP contribution in [-0.4, -0.2) is 40.8 Å². The topological polar surface area (TPSA) is 81.6 Å². The number of amides is 1. The first-order valence-corrected chi connectivity index (χ1v) is 7.76. The van der Waals surface area contributed by atoms with Crippen molar-refractivity contribution in [1.29, 1.82) is 0 Å². The van der Waals surface area contributed by atoms with Gasteiger partial charge in [-0.1, -0.05) is 13.8 Å². The SMILES string of the molecule is Cc1cc(C(=O)N2CCOC[C@H]2c2nnc(C(C)C)o2)c(C)o1.